The van der Waals surface area contributed by atoms with Crippen LogP contribution in [0, 0.1) is 0 Å². The van der Waals surface area contributed by atoms with Gasteiger partial charge in [0.2, 0.25) is 5.56 Å². The van der Waals surface area contributed by atoms with Crippen molar-refractivity contribution in [2.45, 2.75) is 0 Å². The molecule has 0 radical (unpaired) electrons. The number of amides is 1. The minimum absolute atomic E-state index is 0.138. The number of anilines is 1. The number of aryl methyl sites for hydroxylation is 1. The zero-order chi connectivity index (χ0) is 15.0. The number of aromatic nitrogens is 1. The summed E-state index contributed by atoms with van der Waals surface area (Å²) in [6.45, 7) is 0. The first-order chi connectivity index (χ1) is 10.0. The molecule has 2 heterocycles. The molecule has 0 aliphatic rings. The highest BCUT2D eigenvalue weighted by Crippen LogP contribution is 2.27. The fourth-order valence-corrected chi connectivity index (χ4v) is 2.46. The second kappa shape index (κ2) is 5.21. The van der Waals surface area contributed by atoms with Crippen LogP contribution in [0.3, 0.4) is 0 Å². The van der Waals surface area contributed by atoms with E-state index in [9.17, 15) is 9.59 Å². The summed E-state index contributed by atoms with van der Waals surface area (Å²) in [6, 6.07) is 10.2. The van der Waals surface area contributed by atoms with Gasteiger partial charge in [-0.2, -0.15) is 0 Å². The molecule has 3 aromatic rings. The summed E-state index contributed by atoms with van der Waals surface area (Å²) >= 11 is 3.38. The van der Waals surface area contributed by atoms with Crippen molar-refractivity contribution in [2.75, 3.05) is 5.32 Å². The third kappa shape index (κ3) is 2.62. The van der Waals surface area contributed by atoms with E-state index in [4.69, 9.17) is 4.42 Å². The number of hydrogen-bond acceptors (Lipinski definition) is 3. The van der Waals surface area contributed by atoms with Gasteiger partial charge in [0.05, 0.1) is 10.2 Å². The SMILES string of the molecule is Cn1cc(NC(=O)c2cc3cccc(Br)c3o2)ccc1=O. The lowest BCUT2D eigenvalue weighted by Gasteiger charge is -2.04. The van der Waals surface area contributed by atoms with Crippen molar-refractivity contribution in [2.24, 2.45) is 7.05 Å². The van der Waals surface area contributed by atoms with E-state index in [1.165, 1.54) is 10.6 Å². The number of benzene rings is 1. The lowest BCUT2D eigenvalue weighted by molar-refractivity contribution is 0.0998. The number of halogens is 1. The average molecular weight is 347 g/mol. The van der Waals surface area contributed by atoms with Gasteiger partial charge in [-0.05, 0) is 34.1 Å². The van der Waals surface area contributed by atoms with Gasteiger partial charge in [-0.25, -0.2) is 0 Å². The monoisotopic (exact) mass is 346 g/mol. The number of hydrogen-bond donors (Lipinski definition) is 1. The van der Waals surface area contributed by atoms with Gasteiger partial charge in [0.25, 0.3) is 5.91 Å². The van der Waals surface area contributed by atoms with E-state index in [-0.39, 0.29) is 17.2 Å². The summed E-state index contributed by atoms with van der Waals surface area (Å²) in [4.78, 5) is 23.5. The van der Waals surface area contributed by atoms with Crippen LogP contribution in [-0.4, -0.2) is 10.5 Å². The van der Waals surface area contributed by atoms with Gasteiger partial charge < -0.3 is 14.3 Å². The summed E-state index contributed by atoms with van der Waals surface area (Å²) in [6.07, 6.45) is 1.55. The van der Waals surface area contributed by atoms with Gasteiger partial charge >= 0.3 is 0 Å². The van der Waals surface area contributed by atoms with Gasteiger partial charge in [0.1, 0.15) is 5.58 Å². The number of fused-ring (bicyclic) bond motifs is 1. The number of pyridine rings is 1. The Labute approximate surface area is 128 Å². The predicted octanol–water partition coefficient (Wildman–Crippen LogP) is 3.15. The third-order valence-electron chi connectivity index (χ3n) is 3.06. The van der Waals surface area contributed by atoms with E-state index in [0.717, 1.165) is 9.86 Å². The van der Waals surface area contributed by atoms with Gasteiger partial charge in [-0.15, -0.1) is 0 Å². The second-order valence-corrected chi connectivity index (χ2v) is 5.44. The number of carbonyl (C=O) groups is 1. The fraction of sp³-hybridized carbons (Fsp3) is 0.0667. The summed E-state index contributed by atoms with van der Waals surface area (Å²) in [7, 11) is 1.62. The molecular formula is C15H11BrN2O3. The van der Waals surface area contributed by atoms with Crippen LogP contribution in [0.5, 0.6) is 0 Å². The average Bonchev–Trinajstić information content (AvgIpc) is 2.89. The highest BCUT2D eigenvalue weighted by atomic mass is 79.9. The normalized spacial score (nSPS) is 10.8. The van der Waals surface area contributed by atoms with Crippen LogP contribution in [0.4, 0.5) is 5.69 Å². The first-order valence-electron chi connectivity index (χ1n) is 6.21. The van der Waals surface area contributed by atoms with Crippen LogP contribution in [0.15, 0.2) is 56.3 Å². The summed E-state index contributed by atoms with van der Waals surface area (Å²) in [5.74, 6) is -0.150. The van der Waals surface area contributed by atoms with E-state index >= 15 is 0 Å². The molecule has 0 saturated carbocycles. The molecule has 106 valence electrons. The first-order valence-corrected chi connectivity index (χ1v) is 7.00. The molecule has 0 atom stereocenters. The molecule has 1 N–H and O–H groups in total. The highest BCUT2D eigenvalue weighted by Gasteiger charge is 2.14. The lowest BCUT2D eigenvalue weighted by atomic mass is 10.2. The molecule has 0 spiro atoms. The smallest absolute Gasteiger partial charge is 0.291 e. The molecule has 0 saturated heterocycles. The molecule has 6 heteroatoms. The summed E-state index contributed by atoms with van der Waals surface area (Å²) in [5.41, 5.74) is 1.02. The van der Waals surface area contributed by atoms with Crippen molar-refractivity contribution in [1.29, 1.82) is 0 Å². The standard InChI is InChI=1S/C15H11BrN2O3/c1-18-8-10(5-6-13(18)19)17-15(20)12-7-9-3-2-4-11(16)14(9)21-12/h2-8H,1H3,(H,17,20). The van der Waals surface area contributed by atoms with Gasteiger partial charge in [0, 0.05) is 24.7 Å². The first kappa shape index (κ1) is 13.6. The number of nitrogens with zero attached hydrogens (tertiary/aromatic N) is 1. The van der Waals surface area contributed by atoms with Crippen LogP contribution in [-0.2, 0) is 7.05 Å². The van der Waals surface area contributed by atoms with Crippen molar-refractivity contribution in [3.05, 3.63) is 63.2 Å². The molecule has 21 heavy (non-hydrogen) atoms. The maximum Gasteiger partial charge on any atom is 0.291 e. The predicted molar refractivity (Wildman–Crippen MR) is 83.6 cm³/mol. The summed E-state index contributed by atoms with van der Waals surface area (Å²) in [5, 5.41) is 3.54. The van der Waals surface area contributed by atoms with E-state index < -0.39 is 0 Å². The quantitative estimate of drug-likeness (QED) is 0.775. The molecule has 3 rings (SSSR count). The topological polar surface area (TPSA) is 64.2 Å². The van der Waals surface area contributed by atoms with Crippen LogP contribution < -0.4 is 10.9 Å². The van der Waals surface area contributed by atoms with Crippen LogP contribution in [0.2, 0.25) is 0 Å². The third-order valence-corrected chi connectivity index (χ3v) is 3.69. The fourth-order valence-electron chi connectivity index (χ4n) is 2.00. The Bertz CT molecular complexity index is 895. The lowest BCUT2D eigenvalue weighted by Crippen LogP contribution is -2.17. The minimum Gasteiger partial charge on any atom is -0.450 e. The molecule has 1 amide bonds. The van der Waals surface area contributed by atoms with Gasteiger partial charge in [-0.3, -0.25) is 9.59 Å². The number of para-hydroxylation sites is 1. The van der Waals surface area contributed by atoms with Crippen molar-refractivity contribution < 1.29 is 9.21 Å². The van der Waals surface area contributed by atoms with Crippen molar-refractivity contribution in [3.8, 4) is 0 Å². The molecule has 0 aliphatic heterocycles. The molecule has 1 aromatic carbocycles. The Morgan fingerprint density at radius 1 is 1.29 bits per heavy atom. The molecular weight excluding hydrogens is 336 g/mol. The van der Waals surface area contributed by atoms with Crippen molar-refractivity contribution in [1.82, 2.24) is 4.57 Å². The molecule has 2 aromatic heterocycles. The Kier molecular flexibility index (Phi) is 3.39. The van der Waals surface area contributed by atoms with Crippen molar-refractivity contribution in [3.63, 3.8) is 0 Å². The minimum atomic E-state index is -0.364. The largest absolute Gasteiger partial charge is 0.450 e. The Morgan fingerprint density at radius 2 is 2.10 bits per heavy atom. The van der Waals surface area contributed by atoms with Crippen LogP contribution in [0.25, 0.3) is 11.0 Å². The van der Waals surface area contributed by atoms with Crippen molar-refractivity contribution >= 4 is 38.5 Å². The van der Waals surface area contributed by atoms with E-state index in [1.54, 1.807) is 25.4 Å². The number of furan rings is 1. The zero-order valence-corrected chi connectivity index (χ0v) is 12.7. The molecule has 5 nitrogen and oxygen atoms in total. The Morgan fingerprint density at radius 3 is 2.81 bits per heavy atom. The molecule has 0 fully saturated rings. The molecule has 0 bridgehead atoms. The van der Waals surface area contributed by atoms with E-state index in [0.29, 0.717) is 11.3 Å². The second-order valence-electron chi connectivity index (χ2n) is 4.59. The number of nitrogens with one attached hydrogen (secondary N) is 1. The Balaban J connectivity index is 1.91. The van der Waals surface area contributed by atoms with Crippen LogP contribution in [0.1, 0.15) is 10.6 Å². The summed E-state index contributed by atoms with van der Waals surface area (Å²) < 4.78 is 7.75. The van der Waals surface area contributed by atoms with E-state index in [1.807, 2.05) is 18.2 Å². The Hall–Kier alpha value is -2.34. The molecule has 0 aliphatic carbocycles. The van der Waals surface area contributed by atoms with Gasteiger partial charge in [-0.1, -0.05) is 12.1 Å². The van der Waals surface area contributed by atoms with Gasteiger partial charge in [0.15, 0.2) is 5.76 Å². The van der Waals surface area contributed by atoms with Crippen LogP contribution >= 0.6 is 15.9 Å². The maximum atomic E-state index is 12.2. The number of rotatable bonds is 2. The van der Waals surface area contributed by atoms with E-state index in [2.05, 4.69) is 21.2 Å². The molecule has 0 unspecified atom stereocenters. The maximum absolute atomic E-state index is 12.2. The zero-order valence-electron chi connectivity index (χ0n) is 11.1. The highest BCUT2D eigenvalue weighted by molar-refractivity contribution is 9.10. The number of carbonyl (C=O) groups excluding carboxylic acids is 1.